The number of anilines is 1. The summed E-state index contributed by atoms with van der Waals surface area (Å²) in [4.78, 5) is 10.8. The molecule has 0 atom stereocenters. The van der Waals surface area contributed by atoms with Crippen molar-refractivity contribution < 1.29 is 9.50 Å². The van der Waals surface area contributed by atoms with Gasteiger partial charge in [-0.15, -0.1) is 0 Å². The molecule has 1 aliphatic heterocycles. The van der Waals surface area contributed by atoms with E-state index in [1.54, 1.807) is 18.2 Å². The topological polar surface area (TPSA) is 52.5 Å². The van der Waals surface area contributed by atoms with Gasteiger partial charge in [-0.1, -0.05) is 35.9 Å². The Balaban J connectivity index is 1.73. The van der Waals surface area contributed by atoms with E-state index in [2.05, 4.69) is 40.8 Å². The number of halogens is 3. The van der Waals surface area contributed by atoms with Gasteiger partial charge in [-0.3, -0.25) is 0 Å². The molecular weight excluding hydrogens is 518 g/mol. The average molecular weight is 535 g/mol. The van der Waals surface area contributed by atoms with Gasteiger partial charge in [0.2, 0.25) is 0 Å². The number of hydrogen-bond acceptors (Lipinski definition) is 5. The van der Waals surface area contributed by atoms with Crippen LogP contribution in [0.4, 0.5) is 10.2 Å². The van der Waals surface area contributed by atoms with E-state index in [0.717, 1.165) is 37.0 Å². The summed E-state index contributed by atoms with van der Waals surface area (Å²) in [7, 11) is 0. The number of aromatic nitrogens is 2. The molecule has 1 aliphatic rings. The van der Waals surface area contributed by atoms with Crippen molar-refractivity contribution in [3.05, 3.63) is 59.6 Å². The number of rotatable bonds is 2. The molecule has 1 saturated heterocycles. The molecule has 0 aliphatic carbocycles. The normalized spacial score (nSPS) is 15.2. The third-order valence-corrected chi connectivity index (χ3v) is 6.70. The van der Waals surface area contributed by atoms with E-state index in [4.69, 9.17) is 11.6 Å². The van der Waals surface area contributed by atoms with Crippen LogP contribution in [0.3, 0.4) is 0 Å². The molecule has 0 saturated carbocycles. The fraction of sp³-hybridized carbons (Fsp3) is 0.182. The minimum Gasteiger partial charge on any atom is -0.508 e. The number of hydrogen-bond donors (Lipinski definition) is 1. The van der Waals surface area contributed by atoms with Gasteiger partial charge in [-0.05, 0) is 34.5 Å². The summed E-state index contributed by atoms with van der Waals surface area (Å²) < 4.78 is 18.0. The van der Waals surface area contributed by atoms with E-state index < -0.39 is 5.82 Å². The van der Waals surface area contributed by atoms with Gasteiger partial charge in [0, 0.05) is 60.0 Å². The zero-order valence-electron chi connectivity index (χ0n) is 15.8. The maximum atomic E-state index is 15.8. The second-order valence-corrected chi connectivity index (χ2v) is 9.02. The maximum absolute atomic E-state index is 15.8. The first kappa shape index (κ1) is 19.7. The second-order valence-electron chi connectivity index (χ2n) is 7.25. The molecule has 152 valence electrons. The van der Waals surface area contributed by atoms with Gasteiger partial charge in [-0.25, -0.2) is 17.5 Å². The lowest BCUT2D eigenvalue weighted by Crippen LogP contribution is -2.42. The SMILES string of the molecule is Oc1cc(-c2c(Cl)cc3c(N4CCN(I)CC4)ncnc3c2F)c2ccccc2c1. The van der Waals surface area contributed by atoms with E-state index in [0.29, 0.717) is 16.8 Å². The molecule has 0 bridgehead atoms. The fourth-order valence-corrected chi connectivity index (χ4v) is 4.74. The molecule has 0 unspecified atom stereocenters. The highest BCUT2D eigenvalue weighted by Gasteiger charge is 2.23. The maximum Gasteiger partial charge on any atom is 0.158 e. The second kappa shape index (κ2) is 7.79. The van der Waals surface area contributed by atoms with E-state index >= 15 is 4.39 Å². The van der Waals surface area contributed by atoms with E-state index in [1.165, 1.54) is 6.33 Å². The molecule has 8 heteroatoms. The number of phenolic OH excluding ortho intramolecular Hbond substituents is 1. The van der Waals surface area contributed by atoms with Gasteiger partial charge in [-0.2, -0.15) is 0 Å². The first-order valence-corrected chi connectivity index (χ1v) is 10.9. The van der Waals surface area contributed by atoms with Crippen LogP contribution in [0.15, 0.2) is 48.8 Å². The van der Waals surface area contributed by atoms with Gasteiger partial charge in [0.05, 0.1) is 5.02 Å². The lowest BCUT2D eigenvalue weighted by Gasteiger charge is -2.32. The van der Waals surface area contributed by atoms with Crippen molar-refractivity contribution in [2.45, 2.75) is 0 Å². The van der Waals surface area contributed by atoms with Crippen molar-refractivity contribution in [2.24, 2.45) is 0 Å². The molecule has 1 aromatic heterocycles. The number of nitrogens with zero attached hydrogens (tertiary/aromatic N) is 4. The summed E-state index contributed by atoms with van der Waals surface area (Å²) >= 11 is 8.93. The Morgan fingerprint density at radius 1 is 1.00 bits per heavy atom. The van der Waals surface area contributed by atoms with Crippen molar-refractivity contribution in [2.75, 3.05) is 31.1 Å². The van der Waals surface area contributed by atoms with Gasteiger partial charge in [0.15, 0.2) is 5.82 Å². The largest absolute Gasteiger partial charge is 0.508 e. The van der Waals surface area contributed by atoms with E-state index in [9.17, 15) is 5.11 Å². The number of piperazine rings is 1. The first-order valence-electron chi connectivity index (χ1n) is 9.53. The van der Waals surface area contributed by atoms with Crippen LogP contribution in [0.25, 0.3) is 32.8 Å². The number of fused-ring (bicyclic) bond motifs is 2. The van der Waals surface area contributed by atoms with Crippen molar-refractivity contribution >= 4 is 62.0 Å². The van der Waals surface area contributed by atoms with Gasteiger partial charge < -0.3 is 10.0 Å². The molecule has 0 spiro atoms. The van der Waals surface area contributed by atoms with Crippen molar-refractivity contribution in [1.29, 1.82) is 0 Å². The molecular formula is C22H17ClFIN4O. The highest BCUT2D eigenvalue weighted by molar-refractivity contribution is 14.1. The average Bonchev–Trinajstić information content (AvgIpc) is 2.74. The van der Waals surface area contributed by atoms with Gasteiger partial charge >= 0.3 is 0 Å². The molecule has 2 heterocycles. The lowest BCUT2D eigenvalue weighted by molar-refractivity contribution is 0.459. The van der Waals surface area contributed by atoms with Crippen LogP contribution in [0.5, 0.6) is 5.75 Å². The zero-order chi connectivity index (χ0) is 20.8. The molecule has 1 N–H and O–H groups in total. The van der Waals surface area contributed by atoms with Crippen molar-refractivity contribution in [1.82, 2.24) is 13.1 Å². The minimum absolute atomic E-state index is 0.0549. The van der Waals surface area contributed by atoms with Crippen LogP contribution < -0.4 is 4.90 Å². The molecule has 30 heavy (non-hydrogen) atoms. The Morgan fingerprint density at radius 2 is 1.77 bits per heavy atom. The molecule has 0 amide bonds. The van der Waals surface area contributed by atoms with Crippen LogP contribution in [0.2, 0.25) is 5.02 Å². The summed E-state index contributed by atoms with van der Waals surface area (Å²) in [5.74, 6) is 0.237. The quantitative estimate of drug-likeness (QED) is 0.275. The Labute approximate surface area is 191 Å². The predicted molar refractivity (Wildman–Crippen MR) is 127 cm³/mol. The summed E-state index contributed by atoms with van der Waals surface area (Å²) in [5, 5.41) is 12.7. The van der Waals surface area contributed by atoms with Crippen molar-refractivity contribution in [3.8, 4) is 16.9 Å². The molecule has 5 nitrogen and oxygen atoms in total. The number of aromatic hydroxyl groups is 1. The lowest BCUT2D eigenvalue weighted by atomic mass is 9.96. The van der Waals surface area contributed by atoms with Gasteiger partial charge in [0.25, 0.3) is 0 Å². The fourth-order valence-electron chi connectivity index (χ4n) is 4.01. The Hall–Kier alpha value is -2.23. The third-order valence-electron chi connectivity index (χ3n) is 5.44. The summed E-state index contributed by atoms with van der Waals surface area (Å²) in [6.07, 6.45) is 1.40. The van der Waals surface area contributed by atoms with Crippen LogP contribution in [-0.4, -0.2) is 44.4 Å². The van der Waals surface area contributed by atoms with E-state index in [1.807, 2.05) is 24.3 Å². The Kier molecular flexibility index (Phi) is 5.12. The number of benzene rings is 3. The van der Waals surface area contributed by atoms with Crippen LogP contribution in [0.1, 0.15) is 0 Å². The first-order chi connectivity index (χ1) is 14.5. The third kappa shape index (κ3) is 3.34. The Morgan fingerprint density at radius 3 is 2.57 bits per heavy atom. The number of phenols is 1. The minimum atomic E-state index is -0.510. The standard InChI is InChI=1S/C22H17ClFIN4O/c23-18-11-17-21(26-12-27-22(17)28-5-7-29(25)8-6-28)20(24)19(18)16-10-14(30)9-13-3-1-2-4-15(13)16/h1-4,9-12,30H,5-8H2. The summed E-state index contributed by atoms with van der Waals surface area (Å²) in [6.45, 7) is 3.39. The van der Waals surface area contributed by atoms with Crippen molar-refractivity contribution in [3.63, 3.8) is 0 Å². The van der Waals surface area contributed by atoms with Crippen LogP contribution >= 0.6 is 34.5 Å². The monoisotopic (exact) mass is 534 g/mol. The van der Waals surface area contributed by atoms with Crippen LogP contribution in [0, 0.1) is 5.82 Å². The van der Waals surface area contributed by atoms with E-state index in [-0.39, 0.29) is 21.9 Å². The smallest absolute Gasteiger partial charge is 0.158 e. The Bertz CT molecular complexity index is 1280. The zero-order valence-corrected chi connectivity index (χ0v) is 18.7. The van der Waals surface area contributed by atoms with Crippen LogP contribution in [-0.2, 0) is 0 Å². The molecule has 1 fully saturated rings. The summed E-state index contributed by atoms with van der Waals surface area (Å²) in [6, 6.07) is 12.4. The molecule has 3 aromatic carbocycles. The molecule has 5 rings (SSSR count). The molecule has 0 radical (unpaired) electrons. The highest BCUT2D eigenvalue weighted by atomic mass is 127. The predicted octanol–water partition coefficient (Wildman–Crippen LogP) is 5.42. The summed E-state index contributed by atoms with van der Waals surface area (Å²) in [5.41, 5.74) is 0.996. The molecule has 4 aromatic rings. The highest BCUT2D eigenvalue weighted by Crippen LogP contribution is 2.41. The van der Waals surface area contributed by atoms with Gasteiger partial charge in [0.1, 0.15) is 23.4 Å².